The Balaban J connectivity index is 2.08. The lowest BCUT2D eigenvalue weighted by molar-refractivity contribution is 0.0833. The van der Waals surface area contributed by atoms with Crippen LogP contribution in [0.3, 0.4) is 0 Å². The first kappa shape index (κ1) is 16.0. The highest BCUT2D eigenvalue weighted by atomic mass is 79.9. The molecule has 1 saturated heterocycles. The highest BCUT2D eigenvalue weighted by Crippen LogP contribution is 2.22. The van der Waals surface area contributed by atoms with Gasteiger partial charge in [-0.25, -0.2) is 0 Å². The van der Waals surface area contributed by atoms with E-state index in [1.807, 2.05) is 0 Å². The molecule has 20 heavy (non-hydrogen) atoms. The Bertz CT molecular complexity index is 404. The lowest BCUT2D eigenvalue weighted by Gasteiger charge is -2.43. The maximum absolute atomic E-state index is 3.71. The number of hydrogen-bond acceptors (Lipinski definition) is 2. The average molecular weight is 339 g/mol. The third-order valence-corrected chi connectivity index (χ3v) is 5.16. The maximum Gasteiger partial charge on any atom is 0.0250 e. The van der Waals surface area contributed by atoms with Crippen LogP contribution in [0, 0.1) is 5.92 Å². The van der Waals surface area contributed by atoms with Gasteiger partial charge in [0.05, 0.1) is 0 Å². The summed E-state index contributed by atoms with van der Waals surface area (Å²) in [6.45, 7) is 10.3. The van der Waals surface area contributed by atoms with Gasteiger partial charge in [0.2, 0.25) is 0 Å². The van der Waals surface area contributed by atoms with E-state index in [0.29, 0.717) is 12.1 Å². The van der Waals surface area contributed by atoms with Crippen LogP contribution in [0.4, 0.5) is 0 Å². The second-order valence-electron chi connectivity index (χ2n) is 6.02. The number of halogens is 1. The van der Waals surface area contributed by atoms with Crippen LogP contribution in [0.25, 0.3) is 0 Å². The van der Waals surface area contributed by atoms with Gasteiger partial charge in [0, 0.05) is 36.2 Å². The molecule has 3 atom stereocenters. The first-order valence-corrected chi connectivity index (χ1v) is 8.65. The van der Waals surface area contributed by atoms with E-state index < -0.39 is 0 Å². The van der Waals surface area contributed by atoms with Gasteiger partial charge < -0.3 is 5.32 Å². The van der Waals surface area contributed by atoms with E-state index in [2.05, 4.69) is 71.2 Å². The zero-order valence-corrected chi connectivity index (χ0v) is 14.5. The van der Waals surface area contributed by atoms with E-state index in [4.69, 9.17) is 0 Å². The van der Waals surface area contributed by atoms with Gasteiger partial charge in [-0.15, -0.1) is 0 Å². The number of nitrogens with one attached hydrogen (secondary N) is 1. The van der Waals surface area contributed by atoms with Crippen molar-refractivity contribution in [2.75, 3.05) is 13.1 Å². The summed E-state index contributed by atoms with van der Waals surface area (Å²) in [5.74, 6) is 0.746. The van der Waals surface area contributed by atoms with Crippen LogP contribution >= 0.6 is 15.9 Å². The van der Waals surface area contributed by atoms with E-state index >= 15 is 0 Å². The second-order valence-corrected chi connectivity index (χ2v) is 6.94. The molecule has 0 aliphatic carbocycles. The van der Waals surface area contributed by atoms with Gasteiger partial charge in [-0.05, 0) is 30.0 Å². The van der Waals surface area contributed by atoms with Crippen molar-refractivity contribution in [1.29, 1.82) is 0 Å². The fraction of sp³-hybridized carbons (Fsp3) is 0.647. The summed E-state index contributed by atoms with van der Waals surface area (Å²) in [4.78, 5) is 2.68. The summed E-state index contributed by atoms with van der Waals surface area (Å²) in [6.07, 6.45) is 2.46. The Hall–Kier alpha value is -0.380. The van der Waals surface area contributed by atoms with Crippen molar-refractivity contribution < 1.29 is 0 Å². The average Bonchev–Trinajstić information content (AvgIpc) is 2.48. The van der Waals surface area contributed by atoms with Gasteiger partial charge in [-0.2, -0.15) is 0 Å². The zero-order valence-electron chi connectivity index (χ0n) is 12.9. The highest BCUT2D eigenvalue weighted by molar-refractivity contribution is 9.10. The van der Waals surface area contributed by atoms with Gasteiger partial charge >= 0.3 is 0 Å². The van der Waals surface area contributed by atoms with Crippen molar-refractivity contribution in [2.45, 2.75) is 52.2 Å². The lowest BCUT2D eigenvalue weighted by Crippen LogP contribution is -2.57. The standard InChI is InChI=1S/C17H27BrN2/c1-4-13(3)17-10-19-16(5-2)12-20(17)11-14-6-8-15(18)9-7-14/h6-9,13,16-17,19H,4-5,10-12H2,1-3H3. The van der Waals surface area contributed by atoms with Gasteiger partial charge in [0.15, 0.2) is 0 Å². The molecule has 3 heteroatoms. The van der Waals surface area contributed by atoms with Crippen molar-refractivity contribution in [3.05, 3.63) is 34.3 Å². The summed E-state index contributed by atoms with van der Waals surface area (Å²) in [5.41, 5.74) is 1.42. The molecule has 112 valence electrons. The molecule has 0 saturated carbocycles. The van der Waals surface area contributed by atoms with E-state index in [1.165, 1.54) is 24.9 Å². The molecule has 1 fully saturated rings. The van der Waals surface area contributed by atoms with Crippen LogP contribution in [0.5, 0.6) is 0 Å². The summed E-state index contributed by atoms with van der Waals surface area (Å²) in [5, 5.41) is 3.71. The van der Waals surface area contributed by atoms with Crippen LogP contribution in [0.15, 0.2) is 28.7 Å². The molecule has 1 aromatic carbocycles. The predicted molar refractivity (Wildman–Crippen MR) is 89.9 cm³/mol. The SMILES string of the molecule is CCC1CN(Cc2ccc(Br)cc2)C(C(C)CC)CN1. The predicted octanol–water partition coefficient (Wildman–Crippen LogP) is 4.05. The fourth-order valence-corrected chi connectivity index (χ4v) is 3.28. The second kappa shape index (κ2) is 7.58. The minimum atomic E-state index is 0.644. The topological polar surface area (TPSA) is 15.3 Å². The molecular weight excluding hydrogens is 312 g/mol. The Morgan fingerprint density at radius 1 is 1.30 bits per heavy atom. The number of piperazine rings is 1. The third kappa shape index (κ3) is 4.06. The van der Waals surface area contributed by atoms with Crippen LogP contribution in [-0.2, 0) is 6.54 Å². The van der Waals surface area contributed by atoms with Crippen molar-refractivity contribution >= 4 is 15.9 Å². The molecule has 0 aromatic heterocycles. The van der Waals surface area contributed by atoms with Crippen molar-refractivity contribution in [2.24, 2.45) is 5.92 Å². The molecule has 1 aliphatic rings. The number of hydrogen-bond donors (Lipinski definition) is 1. The molecule has 1 aliphatic heterocycles. The molecule has 1 heterocycles. The minimum absolute atomic E-state index is 0.644. The van der Waals surface area contributed by atoms with Crippen LogP contribution in [0.2, 0.25) is 0 Å². The molecule has 0 radical (unpaired) electrons. The highest BCUT2D eigenvalue weighted by Gasteiger charge is 2.29. The van der Waals surface area contributed by atoms with Gasteiger partial charge in [-0.3, -0.25) is 4.90 Å². The largest absolute Gasteiger partial charge is 0.311 e. The molecule has 1 N–H and O–H groups in total. The van der Waals surface area contributed by atoms with Crippen molar-refractivity contribution in [3.8, 4) is 0 Å². The Morgan fingerprint density at radius 3 is 2.60 bits per heavy atom. The first-order valence-electron chi connectivity index (χ1n) is 7.85. The van der Waals surface area contributed by atoms with Crippen molar-refractivity contribution in [3.63, 3.8) is 0 Å². The number of benzene rings is 1. The summed E-state index contributed by atoms with van der Waals surface area (Å²) < 4.78 is 1.16. The zero-order chi connectivity index (χ0) is 14.5. The third-order valence-electron chi connectivity index (χ3n) is 4.63. The summed E-state index contributed by atoms with van der Waals surface area (Å²) in [7, 11) is 0. The summed E-state index contributed by atoms with van der Waals surface area (Å²) >= 11 is 3.51. The molecular formula is C17H27BrN2. The first-order chi connectivity index (χ1) is 9.63. The van der Waals surface area contributed by atoms with Crippen LogP contribution in [-0.4, -0.2) is 30.1 Å². The normalized spacial score (nSPS) is 25.6. The van der Waals surface area contributed by atoms with Gasteiger partial charge in [0.25, 0.3) is 0 Å². The molecule has 2 nitrogen and oxygen atoms in total. The Kier molecular flexibility index (Phi) is 6.06. The van der Waals surface area contributed by atoms with E-state index in [9.17, 15) is 0 Å². The fourth-order valence-electron chi connectivity index (χ4n) is 3.01. The van der Waals surface area contributed by atoms with Crippen LogP contribution in [0.1, 0.15) is 39.2 Å². The van der Waals surface area contributed by atoms with Gasteiger partial charge in [0.1, 0.15) is 0 Å². The Labute approximate surface area is 132 Å². The number of nitrogens with zero attached hydrogens (tertiary/aromatic N) is 1. The monoisotopic (exact) mass is 338 g/mol. The lowest BCUT2D eigenvalue weighted by atomic mass is 9.93. The molecule has 0 bridgehead atoms. The van der Waals surface area contributed by atoms with E-state index in [0.717, 1.165) is 23.5 Å². The summed E-state index contributed by atoms with van der Waals surface area (Å²) in [6, 6.07) is 10.1. The maximum atomic E-state index is 3.71. The Morgan fingerprint density at radius 2 is 2.00 bits per heavy atom. The van der Waals surface area contributed by atoms with E-state index in [-0.39, 0.29) is 0 Å². The number of rotatable bonds is 5. The minimum Gasteiger partial charge on any atom is -0.311 e. The molecule has 1 aromatic rings. The van der Waals surface area contributed by atoms with Gasteiger partial charge in [-0.1, -0.05) is 55.3 Å². The molecule has 2 rings (SSSR count). The molecule has 3 unspecified atom stereocenters. The van der Waals surface area contributed by atoms with E-state index in [1.54, 1.807) is 0 Å². The smallest absolute Gasteiger partial charge is 0.0250 e. The molecule has 0 spiro atoms. The van der Waals surface area contributed by atoms with Crippen molar-refractivity contribution in [1.82, 2.24) is 10.2 Å². The molecule has 0 amide bonds. The van der Waals surface area contributed by atoms with Crippen LogP contribution < -0.4 is 5.32 Å². The quantitative estimate of drug-likeness (QED) is 0.871.